The lowest BCUT2D eigenvalue weighted by Gasteiger charge is -2.48. The first kappa shape index (κ1) is 16.4. The largest absolute Gasteiger partial charge is 0.354 e. The highest BCUT2D eigenvalue weighted by Crippen LogP contribution is 2.35. The van der Waals surface area contributed by atoms with Gasteiger partial charge in [-0.3, -0.25) is 14.4 Å². The van der Waals surface area contributed by atoms with E-state index in [1.807, 2.05) is 0 Å². The van der Waals surface area contributed by atoms with E-state index in [9.17, 15) is 4.79 Å². The Bertz CT molecular complexity index is 475. The molecule has 1 saturated heterocycles. The van der Waals surface area contributed by atoms with Gasteiger partial charge in [-0.05, 0) is 38.8 Å². The number of likely N-dealkylation sites (tertiary alicyclic amines) is 1. The van der Waals surface area contributed by atoms with Crippen molar-refractivity contribution in [1.82, 2.24) is 25.0 Å². The number of carbonyl (C=O) groups excluding carboxylic acids is 1. The molecule has 1 N–H and O–H groups in total. The van der Waals surface area contributed by atoms with Crippen LogP contribution in [0.1, 0.15) is 57.8 Å². The minimum absolute atomic E-state index is 0.127. The molecule has 1 aliphatic heterocycles. The molecule has 1 aliphatic carbocycles. The number of hydrogen-bond acceptors (Lipinski definition) is 4. The van der Waals surface area contributed by atoms with Gasteiger partial charge in [0, 0.05) is 18.5 Å². The molecule has 6 nitrogen and oxygen atoms in total. The molecule has 2 fully saturated rings. The van der Waals surface area contributed by atoms with Gasteiger partial charge in [-0.25, -0.2) is 4.98 Å². The Kier molecular flexibility index (Phi) is 5.65. The number of amides is 1. The fourth-order valence-corrected chi connectivity index (χ4v) is 4.10. The molecule has 0 aromatic carbocycles. The summed E-state index contributed by atoms with van der Waals surface area (Å²) in [5, 5.41) is 7.25. The monoisotopic (exact) mass is 319 g/mol. The van der Waals surface area contributed by atoms with E-state index < -0.39 is 0 Å². The van der Waals surface area contributed by atoms with Crippen LogP contribution in [0.15, 0.2) is 12.7 Å². The Labute approximate surface area is 138 Å². The van der Waals surface area contributed by atoms with Crippen molar-refractivity contribution in [2.45, 2.75) is 69.9 Å². The standard InChI is InChI=1S/C17H29N5O/c23-16(7-12-22-15-18-14-20-22)19-13-17(8-3-1-4-9-17)21-10-5-2-6-11-21/h14-15H,1-13H2,(H,19,23). The maximum absolute atomic E-state index is 12.2. The van der Waals surface area contributed by atoms with Gasteiger partial charge in [-0.15, -0.1) is 0 Å². The van der Waals surface area contributed by atoms with Gasteiger partial charge in [0.05, 0.1) is 6.54 Å². The molecule has 1 aromatic rings. The number of nitrogens with one attached hydrogen (secondary N) is 1. The van der Waals surface area contributed by atoms with Crippen molar-refractivity contribution in [3.8, 4) is 0 Å². The van der Waals surface area contributed by atoms with Gasteiger partial charge in [-0.1, -0.05) is 25.7 Å². The highest BCUT2D eigenvalue weighted by Gasteiger charge is 2.38. The molecule has 23 heavy (non-hydrogen) atoms. The SMILES string of the molecule is O=C(CCn1cncn1)NCC1(N2CCCCC2)CCCCC1. The fourth-order valence-electron chi connectivity index (χ4n) is 4.10. The molecule has 0 radical (unpaired) electrons. The predicted molar refractivity (Wildman–Crippen MR) is 88.9 cm³/mol. The third-order valence-electron chi connectivity index (χ3n) is 5.46. The fraction of sp³-hybridized carbons (Fsp3) is 0.824. The topological polar surface area (TPSA) is 63.1 Å². The second kappa shape index (κ2) is 7.90. The van der Waals surface area contributed by atoms with Crippen LogP contribution in [0, 0.1) is 0 Å². The number of piperidine rings is 1. The third-order valence-corrected chi connectivity index (χ3v) is 5.46. The van der Waals surface area contributed by atoms with Crippen LogP contribution in [-0.4, -0.2) is 50.7 Å². The summed E-state index contributed by atoms with van der Waals surface area (Å²) in [5.41, 5.74) is 0.210. The van der Waals surface area contributed by atoms with E-state index in [4.69, 9.17) is 0 Å². The maximum atomic E-state index is 12.2. The lowest BCUT2D eigenvalue weighted by molar-refractivity contribution is -0.122. The molecule has 6 heteroatoms. The van der Waals surface area contributed by atoms with Gasteiger partial charge >= 0.3 is 0 Å². The summed E-state index contributed by atoms with van der Waals surface area (Å²) < 4.78 is 1.71. The van der Waals surface area contributed by atoms with Crippen LogP contribution in [0.5, 0.6) is 0 Å². The average Bonchev–Trinajstić information content (AvgIpc) is 3.13. The zero-order valence-electron chi connectivity index (χ0n) is 14.0. The van der Waals surface area contributed by atoms with Crippen molar-refractivity contribution in [3.63, 3.8) is 0 Å². The number of aryl methyl sites for hydroxylation is 1. The third kappa shape index (κ3) is 4.31. The Balaban J connectivity index is 1.52. The summed E-state index contributed by atoms with van der Waals surface area (Å²) in [4.78, 5) is 18.8. The number of aromatic nitrogens is 3. The highest BCUT2D eigenvalue weighted by atomic mass is 16.1. The Morgan fingerprint density at radius 2 is 1.83 bits per heavy atom. The molecule has 0 bridgehead atoms. The van der Waals surface area contributed by atoms with Crippen molar-refractivity contribution in [3.05, 3.63) is 12.7 Å². The van der Waals surface area contributed by atoms with Crippen molar-refractivity contribution in [1.29, 1.82) is 0 Å². The summed E-state index contributed by atoms with van der Waals surface area (Å²) >= 11 is 0. The smallest absolute Gasteiger partial charge is 0.221 e. The van der Waals surface area contributed by atoms with Gasteiger partial charge in [0.1, 0.15) is 12.7 Å². The Morgan fingerprint density at radius 1 is 1.09 bits per heavy atom. The molecule has 0 spiro atoms. The molecule has 3 rings (SSSR count). The lowest BCUT2D eigenvalue weighted by Crippen LogP contribution is -2.58. The summed E-state index contributed by atoms with van der Waals surface area (Å²) in [6, 6.07) is 0. The van der Waals surface area contributed by atoms with Gasteiger partial charge in [0.15, 0.2) is 0 Å². The molecule has 1 aromatic heterocycles. The second-order valence-electron chi connectivity index (χ2n) is 7.02. The number of carbonyl (C=O) groups is 1. The van der Waals surface area contributed by atoms with Gasteiger partial charge in [0.25, 0.3) is 0 Å². The minimum atomic E-state index is 0.127. The normalized spacial score (nSPS) is 21.9. The van der Waals surface area contributed by atoms with Crippen molar-refractivity contribution in [2.24, 2.45) is 0 Å². The van der Waals surface area contributed by atoms with Crippen molar-refractivity contribution < 1.29 is 4.79 Å². The van der Waals surface area contributed by atoms with Gasteiger partial charge < -0.3 is 5.32 Å². The highest BCUT2D eigenvalue weighted by molar-refractivity contribution is 5.75. The van der Waals surface area contributed by atoms with Crippen LogP contribution in [0.4, 0.5) is 0 Å². The van der Waals surface area contributed by atoms with E-state index in [2.05, 4.69) is 20.3 Å². The first-order valence-electron chi connectivity index (χ1n) is 9.13. The molecular weight excluding hydrogens is 290 g/mol. The van der Waals surface area contributed by atoms with Gasteiger partial charge in [-0.2, -0.15) is 5.10 Å². The minimum Gasteiger partial charge on any atom is -0.354 e. The van der Waals surface area contributed by atoms with Gasteiger partial charge in [0.2, 0.25) is 5.91 Å². The van der Waals surface area contributed by atoms with Crippen LogP contribution in [0.2, 0.25) is 0 Å². The first-order chi connectivity index (χ1) is 11.3. The predicted octanol–water partition coefficient (Wildman–Crippen LogP) is 1.97. The zero-order chi connectivity index (χ0) is 16.0. The second-order valence-corrected chi connectivity index (χ2v) is 7.02. The molecule has 2 aliphatic rings. The number of rotatable bonds is 6. The summed E-state index contributed by atoms with van der Waals surface area (Å²) in [7, 11) is 0. The molecule has 0 atom stereocenters. The van der Waals surface area contributed by atoms with Crippen molar-refractivity contribution in [2.75, 3.05) is 19.6 Å². The van der Waals surface area contributed by atoms with Crippen LogP contribution < -0.4 is 5.32 Å². The summed E-state index contributed by atoms with van der Waals surface area (Å²) in [5.74, 6) is 0.127. The Hall–Kier alpha value is -1.43. The molecule has 1 saturated carbocycles. The van der Waals surface area contributed by atoms with Crippen LogP contribution >= 0.6 is 0 Å². The summed E-state index contributed by atoms with van der Waals surface area (Å²) in [6.07, 6.45) is 14.0. The number of nitrogens with zero attached hydrogens (tertiary/aromatic N) is 4. The lowest BCUT2D eigenvalue weighted by atomic mass is 9.79. The zero-order valence-corrected chi connectivity index (χ0v) is 14.0. The van der Waals surface area contributed by atoms with E-state index in [1.165, 1.54) is 70.8 Å². The number of hydrogen-bond donors (Lipinski definition) is 1. The molecule has 128 valence electrons. The van der Waals surface area contributed by atoms with E-state index in [1.54, 1.807) is 11.0 Å². The molecule has 2 heterocycles. The van der Waals surface area contributed by atoms with E-state index in [0.29, 0.717) is 13.0 Å². The average molecular weight is 319 g/mol. The summed E-state index contributed by atoms with van der Waals surface area (Å²) in [6.45, 7) is 3.81. The molecule has 1 amide bonds. The quantitative estimate of drug-likeness (QED) is 0.871. The van der Waals surface area contributed by atoms with Crippen molar-refractivity contribution >= 4 is 5.91 Å². The van der Waals surface area contributed by atoms with Crippen LogP contribution in [-0.2, 0) is 11.3 Å². The Morgan fingerprint density at radius 3 is 2.52 bits per heavy atom. The van der Waals surface area contributed by atoms with E-state index in [-0.39, 0.29) is 11.4 Å². The molecular formula is C17H29N5O. The maximum Gasteiger partial charge on any atom is 0.221 e. The molecule has 0 unspecified atom stereocenters. The first-order valence-corrected chi connectivity index (χ1v) is 9.13. The van der Waals surface area contributed by atoms with Crippen LogP contribution in [0.3, 0.4) is 0 Å². The van der Waals surface area contributed by atoms with E-state index in [0.717, 1.165) is 6.54 Å². The van der Waals surface area contributed by atoms with Crippen LogP contribution in [0.25, 0.3) is 0 Å². The van der Waals surface area contributed by atoms with E-state index >= 15 is 0 Å².